The molecule has 2 atom stereocenters. The highest BCUT2D eigenvalue weighted by molar-refractivity contribution is 5.79. The van der Waals surface area contributed by atoms with E-state index in [9.17, 15) is 9.59 Å². The molecule has 1 saturated heterocycles. The van der Waals surface area contributed by atoms with Gasteiger partial charge in [0, 0.05) is 13.2 Å². The molecular formula is C12H21NO4. The monoisotopic (exact) mass is 243 g/mol. The molecule has 0 bridgehead atoms. The van der Waals surface area contributed by atoms with E-state index in [0.717, 1.165) is 12.8 Å². The van der Waals surface area contributed by atoms with Crippen LogP contribution < -0.4 is 5.32 Å². The summed E-state index contributed by atoms with van der Waals surface area (Å²) in [5, 5.41) is 11.7. The molecule has 1 fully saturated rings. The lowest BCUT2D eigenvalue weighted by molar-refractivity contribution is -0.143. The summed E-state index contributed by atoms with van der Waals surface area (Å²) >= 11 is 0. The van der Waals surface area contributed by atoms with Crippen LogP contribution in [0.2, 0.25) is 0 Å². The Kier molecular flexibility index (Phi) is 5.41. The number of carbonyl (C=O) groups is 2. The molecule has 17 heavy (non-hydrogen) atoms. The summed E-state index contributed by atoms with van der Waals surface area (Å²) in [5.41, 5.74) is 0. The van der Waals surface area contributed by atoms with Gasteiger partial charge in [-0.2, -0.15) is 0 Å². The van der Waals surface area contributed by atoms with Crippen LogP contribution in [-0.2, 0) is 14.3 Å². The summed E-state index contributed by atoms with van der Waals surface area (Å²) in [6.07, 6.45) is 1.72. The Bertz CT molecular complexity index is 272. The van der Waals surface area contributed by atoms with Gasteiger partial charge in [0.1, 0.15) is 0 Å². The molecule has 0 aromatic heterocycles. The molecule has 0 aliphatic carbocycles. The number of carbonyl (C=O) groups excluding carboxylic acids is 1. The van der Waals surface area contributed by atoms with Gasteiger partial charge < -0.3 is 15.2 Å². The van der Waals surface area contributed by atoms with Crippen LogP contribution in [0, 0.1) is 17.8 Å². The third-order valence-electron chi connectivity index (χ3n) is 3.15. The average Bonchev–Trinajstić information content (AvgIpc) is 2.29. The predicted octanol–water partition coefficient (Wildman–Crippen LogP) is 0.886. The van der Waals surface area contributed by atoms with Gasteiger partial charge in [0.05, 0.1) is 18.4 Å². The second kappa shape index (κ2) is 6.59. The third-order valence-corrected chi connectivity index (χ3v) is 3.15. The van der Waals surface area contributed by atoms with Crippen LogP contribution >= 0.6 is 0 Å². The maximum absolute atomic E-state index is 11.8. The molecule has 1 aliphatic heterocycles. The van der Waals surface area contributed by atoms with E-state index in [0.29, 0.717) is 13.2 Å². The molecule has 1 rings (SSSR count). The predicted molar refractivity (Wildman–Crippen MR) is 62.5 cm³/mol. The smallest absolute Gasteiger partial charge is 0.308 e. The van der Waals surface area contributed by atoms with Crippen LogP contribution in [0.4, 0.5) is 0 Å². The number of ether oxygens (including phenoxy) is 1. The zero-order chi connectivity index (χ0) is 12.8. The van der Waals surface area contributed by atoms with Crippen molar-refractivity contribution in [3.63, 3.8) is 0 Å². The first kappa shape index (κ1) is 14.0. The molecule has 2 N–H and O–H groups in total. The molecule has 0 aromatic carbocycles. The molecule has 0 aromatic rings. The topological polar surface area (TPSA) is 75.6 Å². The lowest BCUT2D eigenvalue weighted by atomic mass is 9.95. The quantitative estimate of drug-likeness (QED) is 0.751. The van der Waals surface area contributed by atoms with E-state index in [-0.39, 0.29) is 24.3 Å². The summed E-state index contributed by atoms with van der Waals surface area (Å²) in [5.74, 6) is -1.58. The first-order valence-electron chi connectivity index (χ1n) is 6.10. The van der Waals surface area contributed by atoms with Gasteiger partial charge in [-0.3, -0.25) is 9.59 Å². The second-order valence-electron chi connectivity index (χ2n) is 4.85. The van der Waals surface area contributed by atoms with Crippen molar-refractivity contribution in [1.82, 2.24) is 5.32 Å². The fraction of sp³-hybridized carbons (Fsp3) is 0.833. The molecule has 5 heteroatoms. The van der Waals surface area contributed by atoms with Crippen molar-refractivity contribution >= 4 is 11.9 Å². The number of amides is 1. The van der Waals surface area contributed by atoms with Crippen molar-refractivity contribution in [3.8, 4) is 0 Å². The highest BCUT2D eigenvalue weighted by Gasteiger charge is 2.25. The van der Waals surface area contributed by atoms with Crippen LogP contribution in [0.3, 0.4) is 0 Å². The van der Waals surface area contributed by atoms with Gasteiger partial charge in [-0.15, -0.1) is 0 Å². The second-order valence-corrected chi connectivity index (χ2v) is 4.85. The molecule has 98 valence electrons. The number of aliphatic carboxylic acids is 1. The Hall–Kier alpha value is -1.10. The fourth-order valence-corrected chi connectivity index (χ4v) is 1.91. The molecule has 1 heterocycles. The largest absolute Gasteiger partial charge is 0.481 e. The van der Waals surface area contributed by atoms with E-state index in [2.05, 4.69) is 5.32 Å². The van der Waals surface area contributed by atoms with Crippen molar-refractivity contribution in [2.75, 3.05) is 19.8 Å². The van der Waals surface area contributed by atoms with Gasteiger partial charge >= 0.3 is 5.97 Å². The number of nitrogens with one attached hydrogen (secondary N) is 1. The minimum absolute atomic E-state index is 0.00964. The van der Waals surface area contributed by atoms with Crippen molar-refractivity contribution in [3.05, 3.63) is 0 Å². The zero-order valence-corrected chi connectivity index (χ0v) is 10.4. The van der Waals surface area contributed by atoms with Crippen molar-refractivity contribution in [1.29, 1.82) is 0 Å². The maximum Gasteiger partial charge on any atom is 0.308 e. The minimum atomic E-state index is -0.861. The molecular weight excluding hydrogens is 222 g/mol. The van der Waals surface area contributed by atoms with Crippen LogP contribution in [0.5, 0.6) is 0 Å². The normalized spacial score (nSPS) is 22.2. The van der Waals surface area contributed by atoms with E-state index in [1.165, 1.54) is 0 Å². The van der Waals surface area contributed by atoms with Gasteiger partial charge in [0.2, 0.25) is 5.91 Å². The van der Waals surface area contributed by atoms with Gasteiger partial charge in [0.15, 0.2) is 0 Å². The number of carboxylic acids is 1. The first-order valence-corrected chi connectivity index (χ1v) is 6.10. The molecule has 0 saturated carbocycles. The highest BCUT2D eigenvalue weighted by Crippen LogP contribution is 2.14. The molecule has 2 unspecified atom stereocenters. The van der Waals surface area contributed by atoms with E-state index in [1.807, 2.05) is 13.8 Å². The van der Waals surface area contributed by atoms with E-state index in [1.54, 1.807) is 0 Å². The maximum atomic E-state index is 11.8. The molecule has 0 spiro atoms. The fourth-order valence-electron chi connectivity index (χ4n) is 1.91. The Morgan fingerprint density at radius 1 is 1.47 bits per heavy atom. The number of carboxylic acid groups (broad SMARTS) is 1. The lowest BCUT2D eigenvalue weighted by Gasteiger charge is -2.23. The Balaban J connectivity index is 2.37. The van der Waals surface area contributed by atoms with Crippen molar-refractivity contribution in [2.24, 2.45) is 17.8 Å². The average molecular weight is 243 g/mol. The Morgan fingerprint density at radius 2 is 2.18 bits per heavy atom. The van der Waals surface area contributed by atoms with E-state index in [4.69, 9.17) is 9.84 Å². The highest BCUT2D eigenvalue weighted by atomic mass is 16.5. The number of hydrogen-bond donors (Lipinski definition) is 2. The summed E-state index contributed by atoms with van der Waals surface area (Å²) in [6, 6.07) is 0. The standard InChI is InChI=1S/C12H21NO4/c1-8(2)10(12(15)16)6-13-11(14)9-4-3-5-17-7-9/h8-10H,3-7H2,1-2H3,(H,13,14)(H,15,16). The zero-order valence-electron chi connectivity index (χ0n) is 10.4. The molecule has 5 nitrogen and oxygen atoms in total. The SMILES string of the molecule is CC(C)C(CNC(=O)C1CCCOC1)C(=O)O. The number of hydrogen-bond acceptors (Lipinski definition) is 3. The minimum Gasteiger partial charge on any atom is -0.481 e. The molecule has 1 amide bonds. The van der Waals surface area contributed by atoms with Gasteiger partial charge in [-0.05, 0) is 18.8 Å². The summed E-state index contributed by atoms with van der Waals surface area (Å²) in [7, 11) is 0. The van der Waals surface area contributed by atoms with Crippen molar-refractivity contribution < 1.29 is 19.4 Å². The van der Waals surface area contributed by atoms with Crippen LogP contribution in [0.25, 0.3) is 0 Å². The van der Waals surface area contributed by atoms with Crippen LogP contribution in [0.1, 0.15) is 26.7 Å². The summed E-state index contributed by atoms with van der Waals surface area (Å²) in [6.45, 7) is 5.05. The van der Waals surface area contributed by atoms with E-state index >= 15 is 0 Å². The lowest BCUT2D eigenvalue weighted by Crippen LogP contribution is -2.40. The van der Waals surface area contributed by atoms with Crippen LogP contribution in [-0.4, -0.2) is 36.7 Å². The molecule has 1 aliphatic rings. The van der Waals surface area contributed by atoms with Crippen molar-refractivity contribution in [2.45, 2.75) is 26.7 Å². The molecule has 0 radical (unpaired) electrons. The Morgan fingerprint density at radius 3 is 2.65 bits per heavy atom. The summed E-state index contributed by atoms with van der Waals surface area (Å²) < 4.78 is 5.23. The third kappa shape index (κ3) is 4.34. The van der Waals surface area contributed by atoms with Gasteiger partial charge in [-0.25, -0.2) is 0 Å². The van der Waals surface area contributed by atoms with Crippen LogP contribution in [0.15, 0.2) is 0 Å². The summed E-state index contributed by atoms with van der Waals surface area (Å²) in [4.78, 5) is 22.7. The van der Waals surface area contributed by atoms with Gasteiger partial charge in [-0.1, -0.05) is 13.8 Å². The number of rotatable bonds is 5. The first-order chi connectivity index (χ1) is 8.02. The Labute approximate surface area is 102 Å². The van der Waals surface area contributed by atoms with Gasteiger partial charge in [0.25, 0.3) is 0 Å². The van der Waals surface area contributed by atoms with E-state index < -0.39 is 11.9 Å².